The van der Waals surface area contributed by atoms with E-state index in [1.807, 2.05) is 11.6 Å². The van der Waals surface area contributed by atoms with Gasteiger partial charge in [-0.25, -0.2) is 22.2 Å². The minimum atomic E-state index is -3.92. The van der Waals surface area contributed by atoms with Crippen molar-refractivity contribution in [1.82, 2.24) is 14.5 Å². The van der Waals surface area contributed by atoms with Crippen molar-refractivity contribution in [3.63, 3.8) is 0 Å². The van der Waals surface area contributed by atoms with Gasteiger partial charge in [-0.15, -0.1) is 0 Å². The smallest absolute Gasteiger partial charge is 0.266 e. The predicted molar refractivity (Wildman–Crippen MR) is 89.4 cm³/mol. The summed E-state index contributed by atoms with van der Waals surface area (Å²) in [5, 5.41) is 4.75. The molecule has 1 N–H and O–H groups in total. The van der Waals surface area contributed by atoms with E-state index < -0.39 is 21.7 Å². The summed E-state index contributed by atoms with van der Waals surface area (Å²) in [7, 11) is -3.92. The van der Waals surface area contributed by atoms with E-state index in [-0.39, 0.29) is 5.69 Å². The number of hydrogen-bond acceptors (Lipinski definition) is 4. The second-order valence-electron chi connectivity index (χ2n) is 4.90. The third-order valence-corrected chi connectivity index (χ3v) is 4.17. The highest BCUT2D eigenvalue weighted by Crippen LogP contribution is 2.21. The highest BCUT2D eigenvalue weighted by Gasteiger charge is 2.19. The van der Waals surface area contributed by atoms with Crippen molar-refractivity contribution in [3.05, 3.63) is 66.1 Å². The molecule has 0 spiro atoms. The minimum Gasteiger partial charge on any atom is -0.266 e. The van der Waals surface area contributed by atoms with Crippen molar-refractivity contribution in [2.75, 3.05) is 0 Å². The van der Waals surface area contributed by atoms with Crippen LogP contribution in [-0.2, 0) is 10.0 Å². The van der Waals surface area contributed by atoms with Crippen molar-refractivity contribution in [2.24, 2.45) is 0 Å². The van der Waals surface area contributed by atoms with Crippen LogP contribution in [0, 0.1) is 5.82 Å². The van der Waals surface area contributed by atoms with E-state index in [1.165, 1.54) is 35.0 Å². The topological polar surface area (TPSA) is 81.1 Å². The second-order valence-corrected chi connectivity index (χ2v) is 6.53. The zero-order valence-electron chi connectivity index (χ0n) is 13.0. The molecule has 2 aromatic rings. The van der Waals surface area contributed by atoms with Crippen molar-refractivity contribution in [3.8, 4) is 5.69 Å². The first-order chi connectivity index (χ1) is 11.3. The molecule has 0 saturated carbocycles. The van der Waals surface area contributed by atoms with Crippen LogP contribution in [-0.4, -0.2) is 24.1 Å². The van der Waals surface area contributed by atoms with Gasteiger partial charge in [-0.05, 0) is 42.3 Å². The molecule has 8 heteroatoms. The number of amides is 1. The summed E-state index contributed by atoms with van der Waals surface area (Å²) in [5.41, 5.74) is 1.64. The number of hydrogen-bond donors (Lipinski definition) is 1. The molecule has 0 fully saturated rings. The molecule has 24 heavy (non-hydrogen) atoms. The van der Waals surface area contributed by atoms with Crippen LogP contribution in [0.2, 0.25) is 0 Å². The fourth-order valence-corrected chi connectivity index (χ4v) is 2.37. The van der Waals surface area contributed by atoms with Crippen LogP contribution in [0.3, 0.4) is 0 Å². The van der Waals surface area contributed by atoms with Crippen LogP contribution in [0.4, 0.5) is 4.39 Å². The maximum atomic E-state index is 13.1. The zero-order valence-corrected chi connectivity index (χ0v) is 13.8. The molecule has 0 aliphatic heterocycles. The summed E-state index contributed by atoms with van der Waals surface area (Å²) in [6.07, 6.45) is 0.596. The Kier molecular flexibility index (Phi) is 4.99. The lowest BCUT2D eigenvalue weighted by molar-refractivity contribution is 0.0976. The summed E-state index contributed by atoms with van der Waals surface area (Å²) in [6.45, 7) is 8.91. The van der Waals surface area contributed by atoms with Gasteiger partial charge in [0.05, 0.1) is 11.4 Å². The van der Waals surface area contributed by atoms with Gasteiger partial charge in [0.2, 0.25) is 0 Å². The molecule has 1 heterocycles. The van der Waals surface area contributed by atoms with Gasteiger partial charge in [-0.1, -0.05) is 20.1 Å². The Morgan fingerprint density at radius 2 is 2.00 bits per heavy atom. The maximum Gasteiger partial charge on any atom is 0.285 e. The van der Waals surface area contributed by atoms with Crippen molar-refractivity contribution < 1.29 is 17.6 Å². The summed E-state index contributed by atoms with van der Waals surface area (Å²) in [5.74, 6) is -1.29. The Hall–Kier alpha value is -2.74. The summed E-state index contributed by atoms with van der Waals surface area (Å²) >= 11 is 0. The van der Waals surface area contributed by atoms with E-state index in [0.29, 0.717) is 28.8 Å². The SMILES string of the molecule is C=CS(=O)(=O)NC(=O)c1cc(C(=C)CC)n(-c2ccc(F)cc2)n1. The fraction of sp³-hybridized carbons (Fsp3) is 0.125. The minimum absolute atomic E-state index is 0.102. The van der Waals surface area contributed by atoms with E-state index in [1.54, 1.807) is 0 Å². The number of halogens is 1. The average Bonchev–Trinajstić information content (AvgIpc) is 3.00. The third kappa shape index (κ3) is 3.77. The van der Waals surface area contributed by atoms with E-state index >= 15 is 0 Å². The van der Waals surface area contributed by atoms with Crippen LogP contribution < -0.4 is 4.72 Å². The molecular formula is C16H16FN3O3S. The van der Waals surface area contributed by atoms with E-state index in [4.69, 9.17) is 0 Å². The molecule has 2 rings (SSSR count). The molecule has 1 aromatic heterocycles. The summed E-state index contributed by atoms with van der Waals surface area (Å²) in [6, 6.07) is 6.95. The molecular weight excluding hydrogens is 333 g/mol. The highest BCUT2D eigenvalue weighted by atomic mass is 32.2. The number of sulfonamides is 1. The quantitative estimate of drug-likeness (QED) is 0.869. The van der Waals surface area contributed by atoms with Gasteiger partial charge in [0.15, 0.2) is 5.69 Å². The molecule has 0 bridgehead atoms. The largest absolute Gasteiger partial charge is 0.285 e. The molecule has 0 saturated heterocycles. The third-order valence-electron chi connectivity index (χ3n) is 3.26. The molecule has 1 aromatic carbocycles. The number of rotatable bonds is 6. The Morgan fingerprint density at radius 3 is 2.54 bits per heavy atom. The van der Waals surface area contributed by atoms with Gasteiger partial charge in [0.1, 0.15) is 5.82 Å². The monoisotopic (exact) mass is 349 g/mol. The number of nitrogens with zero attached hydrogens (tertiary/aromatic N) is 2. The average molecular weight is 349 g/mol. The van der Waals surface area contributed by atoms with Gasteiger partial charge >= 0.3 is 0 Å². The molecule has 126 valence electrons. The number of benzene rings is 1. The van der Waals surface area contributed by atoms with Crippen LogP contribution in [0.15, 0.2) is 48.9 Å². The van der Waals surface area contributed by atoms with E-state index in [9.17, 15) is 17.6 Å². The normalized spacial score (nSPS) is 11.1. The number of carbonyl (C=O) groups is 1. The van der Waals surface area contributed by atoms with Crippen LogP contribution >= 0.6 is 0 Å². The first-order valence-corrected chi connectivity index (χ1v) is 8.55. The highest BCUT2D eigenvalue weighted by molar-refractivity contribution is 7.92. The molecule has 0 radical (unpaired) electrons. The van der Waals surface area contributed by atoms with Crippen LogP contribution in [0.1, 0.15) is 29.5 Å². The molecule has 6 nitrogen and oxygen atoms in total. The van der Waals surface area contributed by atoms with Crippen molar-refractivity contribution >= 4 is 21.5 Å². The fourth-order valence-electron chi connectivity index (χ4n) is 1.93. The van der Waals surface area contributed by atoms with Crippen LogP contribution in [0.25, 0.3) is 11.3 Å². The zero-order chi connectivity index (χ0) is 17.9. The molecule has 0 aliphatic rings. The first kappa shape index (κ1) is 17.6. The van der Waals surface area contributed by atoms with Gasteiger partial charge in [0.25, 0.3) is 15.9 Å². The molecule has 0 unspecified atom stereocenters. The van der Waals surface area contributed by atoms with E-state index in [0.717, 1.165) is 0 Å². The Balaban J connectivity index is 2.49. The Labute approximate surface area is 139 Å². The predicted octanol–water partition coefficient (Wildman–Crippen LogP) is 2.64. The number of allylic oxidation sites excluding steroid dienone is 1. The van der Waals surface area contributed by atoms with E-state index in [2.05, 4.69) is 18.3 Å². The molecule has 1 amide bonds. The first-order valence-electron chi connectivity index (χ1n) is 7.01. The van der Waals surface area contributed by atoms with Crippen molar-refractivity contribution in [1.29, 1.82) is 0 Å². The van der Waals surface area contributed by atoms with Gasteiger partial charge in [0, 0.05) is 5.41 Å². The lowest BCUT2D eigenvalue weighted by atomic mass is 10.1. The second kappa shape index (κ2) is 6.79. The molecule has 0 atom stereocenters. The number of nitrogens with one attached hydrogen (secondary N) is 1. The van der Waals surface area contributed by atoms with Gasteiger partial charge in [-0.3, -0.25) is 4.79 Å². The molecule has 0 aliphatic carbocycles. The number of carbonyl (C=O) groups excluding carboxylic acids is 1. The Morgan fingerprint density at radius 1 is 1.38 bits per heavy atom. The summed E-state index contributed by atoms with van der Waals surface area (Å²) < 4.78 is 39.2. The van der Waals surface area contributed by atoms with Crippen molar-refractivity contribution in [2.45, 2.75) is 13.3 Å². The summed E-state index contributed by atoms with van der Waals surface area (Å²) in [4.78, 5) is 12.1. The maximum absolute atomic E-state index is 13.1. The van der Waals surface area contributed by atoms with Gasteiger partial charge < -0.3 is 0 Å². The number of aromatic nitrogens is 2. The van der Waals surface area contributed by atoms with Gasteiger partial charge in [-0.2, -0.15) is 5.10 Å². The van der Waals surface area contributed by atoms with Crippen LogP contribution in [0.5, 0.6) is 0 Å². The lowest BCUT2D eigenvalue weighted by Crippen LogP contribution is -2.29. The standard InChI is InChI=1S/C16H16FN3O3S/c1-4-11(3)15-10-14(16(21)19-24(22,23)5-2)18-20(15)13-8-6-12(17)7-9-13/h5-10H,2-4H2,1H3,(H,19,21). The Bertz CT molecular complexity index is 899. The lowest BCUT2D eigenvalue weighted by Gasteiger charge is -2.08.